The number of aliphatic hydroxyl groups is 2. The Morgan fingerprint density at radius 1 is 1.27 bits per heavy atom. The number of aryl methyl sites for hydroxylation is 1. The van der Waals surface area contributed by atoms with Crippen LogP contribution in [0.15, 0.2) is 57.9 Å². The normalized spacial score (nSPS) is 16.8. The summed E-state index contributed by atoms with van der Waals surface area (Å²) in [4.78, 5) is 26.1. The molecule has 0 saturated carbocycles. The van der Waals surface area contributed by atoms with Gasteiger partial charge in [-0.2, -0.15) is 0 Å². The van der Waals surface area contributed by atoms with E-state index in [4.69, 9.17) is 4.98 Å². The minimum absolute atomic E-state index is 0.162. The van der Waals surface area contributed by atoms with E-state index >= 15 is 0 Å². The molecule has 37 heavy (non-hydrogen) atoms. The molecule has 1 saturated heterocycles. The minimum Gasteiger partial charge on any atom is -0.396 e. The van der Waals surface area contributed by atoms with Gasteiger partial charge in [-0.1, -0.05) is 28.1 Å². The molecular formula is C27H31BrN6O3. The third-order valence-corrected chi connectivity index (χ3v) is 7.27. The van der Waals surface area contributed by atoms with Crippen LogP contribution in [0, 0.1) is 6.92 Å². The summed E-state index contributed by atoms with van der Waals surface area (Å²) in [6, 6.07) is 13.7. The number of nitrogens with zero attached hydrogens (tertiary/aromatic N) is 2. The summed E-state index contributed by atoms with van der Waals surface area (Å²) in [5, 5.41) is 26.7. The second-order valence-electron chi connectivity index (χ2n) is 9.40. The Labute approximate surface area is 223 Å². The van der Waals surface area contributed by atoms with Crippen LogP contribution in [0.5, 0.6) is 0 Å². The van der Waals surface area contributed by atoms with E-state index in [1.807, 2.05) is 31.2 Å². The first kappa shape index (κ1) is 25.5. The van der Waals surface area contributed by atoms with Crippen LogP contribution in [-0.4, -0.2) is 64.0 Å². The van der Waals surface area contributed by atoms with E-state index in [2.05, 4.69) is 53.6 Å². The maximum atomic E-state index is 12.9. The van der Waals surface area contributed by atoms with Crippen LogP contribution in [0.4, 0.5) is 11.4 Å². The van der Waals surface area contributed by atoms with Crippen LogP contribution in [0.25, 0.3) is 22.4 Å². The Bertz CT molecular complexity index is 1450. The zero-order valence-corrected chi connectivity index (χ0v) is 22.2. The smallest absolute Gasteiger partial charge is 0.261 e. The van der Waals surface area contributed by atoms with Gasteiger partial charge >= 0.3 is 0 Å². The second-order valence-corrected chi connectivity index (χ2v) is 10.3. The molecule has 2 atom stereocenters. The molecule has 6 N–H and O–H groups in total. The lowest BCUT2D eigenvalue weighted by Gasteiger charge is -2.35. The molecule has 194 valence electrons. The zero-order valence-electron chi connectivity index (χ0n) is 20.6. The van der Waals surface area contributed by atoms with Crippen LogP contribution in [0.3, 0.4) is 0 Å². The second kappa shape index (κ2) is 11.1. The summed E-state index contributed by atoms with van der Waals surface area (Å²) in [5.41, 5.74) is 5.24. The number of piperazine rings is 1. The molecule has 0 bridgehead atoms. The summed E-state index contributed by atoms with van der Waals surface area (Å²) >= 11 is 3.44. The number of halogens is 1. The van der Waals surface area contributed by atoms with E-state index in [1.165, 1.54) is 0 Å². The van der Waals surface area contributed by atoms with Crippen molar-refractivity contribution in [3.8, 4) is 11.4 Å². The van der Waals surface area contributed by atoms with Crippen molar-refractivity contribution in [2.24, 2.45) is 0 Å². The largest absolute Gasteiger partial charge is 0.396 e. The van der Waals surface area contributed by atoms with Crippen LogP contribution in [0.1, 0.15) is 23.7 Å². The summed E-state index contributed by atoms with van der Waals surface area (Å²) in [6.07, 6.45) is 1.55. The fourth-order valence-corrected chi connectivity index (χ4v) is 5.30. The number of nitrogens with one attached hydrogen (secondary N) is 4. The molecule has 0 amide bonds. The van der Waals surface area contributed by atoms with Gasteiger partial charge in [0.05, 0.1) is 22.8 Å². The number of fused-ring (bicyclic) bond motifs is 1. The van der Waals surface area contributed by atoms with Crippen molar-refractivity contribution in [2.75, 3.05) is 43.0 Å². The number of aromatic amines is 2. The monoisotopic (exact) mass is 566 g/mol. The van der Waals surface area contributed by atoms with E-state index < -0.39 is 6.10 Å². The third kappa shape index (κ3) is 5.57. The van der Waals surface area contributed by atoms with Gasteiger partial charge in [0.15, 0.2) is 0 Å². The fraction of sp³-hybridized carbons (Fsp3) is 0.333. The third-order valence-electron chi connectivity index (χ3n) is 6.78. The van der Waals surface area contributed by atoms with Crippen molar-refractivity contribution < 1.29 is 10.2 Å². The molecule has 5 rings (SSSR count). The summed E-state index contributed by atoms with van der Waals surface area (Å²) in [6.45, 7) is 4.96. The molecule has 9 nitrogen and oxygen atoms in total. The Kier molecular flexibility index (Phi) is 7.61. The van der Waals surface area contributed by atoms with Gasteiger partial charge in [-0.15, -0.1) is 0 Å². The molecule has 0 unspecified atom stereocenters. The van der Waals surface area contributed by atoms with Crippen molar-refractivity contribution in [1.82, 2.24) is 20.3 Å². The maximum absolute atomic E-state index is 12.9. The van der Waals surface area contributed by atoms with E-state index in [0.717, 1.165) is 58.4 Å². The van der Waals surface area contributed by atoms with Gasteiger partial charge < -0.3 is 35.7 Å². The highest BCUT2D eigenvalue weighted by Gasteiger charge is 2.21. The summed E-state index contributed by atoms with van der Waals surface area (Å²) < 4.78 is 0.891. The molecule has 1 fully saturated rings. The predicted octanol–water partition coefficient (Wildman–Crippen LogP) is 3.30. The molecule has 4 aromatic rings. The summed E-state index contributed by atoms with van der Waals surface area (Å²) in [5.74, 6) is 0.468. The molecule has 2 aromatic carbocycles. The fourth-order valence-electron chi connectivity index (χ4n) is 4.88. The standard InChI is InChI=1S/C27H31BrN6O3/c1-16-11-20(34-9-8-29-19(15-34)6-10-35)13-22-25(16)33-26(32-22)24-21(5-7-30-27(24)37)31-14-23(36)17-3-2-4-18(28)12-17/h2-5,7,11-13,19,23,29,35-36H,6,8-10,14-15H2,1H3,(H,32,33)(H2,30,31,37)/t19-,23+/m0/s1. The van der Waals surface area contributed by atoms with Gasteiger partial charge in [0.2, 0.25) is 0 Å². The minimum atomic E-state index is -0.751. The van der Waals surface area contributed by atoms with E-state index in [-0.39, 0.29) is 24.8 Å². The SMILES string of the molecule is Cc1cc(N2CCN[C@@H](CCO)C2)cc2[nH]c(-c3c(NC[C@@H](O)c4cccc(Br)c4)cc[nH]c3=O)nc12. The molecule has 0 aliphatic carbocycles. The lowest BCUT2D eigenvalue weighted by molar-refractivity contribution is 0.191. The lowest BCUT2D eigenvalue weighted by Crippen LogP contribution is -2.51. The topological polar surface area (TPSA) is 129 Å². The number of aliphatic hydroxyl groups excluding tert-OH is 2. The van der Waals surface area contributed by atoms with Crippen LogP contribution in [-0.2, 0) is 0 Å². The highest BCUT2D eigenvalue weighted by atomic mass is 79.9. The number of benzene rings is 2. The van der Waals surface area contributed by atoms with Gasteiger partial charge in [0.1, 0.15) is 11.4 Å². The molecule has 0 radical (unpaired) electrons. The van der Waals surface area contributed by atoms with E-state index in [0.29, 0.717) is 17.1 Å². The number of pyridine rings is 1. The Morgan fingerprint density at radius 3 is 2.95 bits per heavy atom. The molecule has 10 heteroatoms. The number of imidazole rings is 1. The molecule has 2 aromatic heterocycles. The Hall–Kier alpha value is -3.18. The molecule has 3 heterocycles. The van der Waals surface area contributed by atoms with Crippen molar-refractivity contribution in [1.29, 1.82) is 0 Å². The van der Waals surface area contributed by atoms with Crippen molar-refractivity contribution in [3.05, 3.63) is 74.6 Å². The highest BCUT2D eigenvalue weighted by Crippen LogP contribution is 2.30. The summed E-state index contributed by atoms with van der Waals surface area (Å²) in [7, 11) is 0. The number of hydrogen-bond acceptors (Lipinski definition) is 7. The molecule has 0 spiro atoms. The number of H-pyrrole nitrogens is 2. The zero-order chi connectivity index (χ0) is 25.9. The predicted molar refractivity (Wildman–Crippen MR) is 150 cm³/mol. The Balaban J connectivity index is 1.43. The molecule has 1 aliphatic rings. The van der Waals surface area contributed by atoms with Gasteiger partial charge in [-0.3, -0.25) is 4.79 Å². The van der Waals surface area contributed by atoms with E-state index in [1.54, 1.807) is 12.3 Å². The Morgan fingerprint density at radius 2 is 2.14 bits per heavy atom. The van der Waals surface area contributed by atoms with Crippen LogP contribution >= 0.6 is 15.9 Å². The molecular weight excluding hydrogens is 536 g/mol. The van der Waals surface area contributed by atoms with E-state index in [9.17, 15) is 15.0 Å². The molecule has 1 aliphatic heterocycles. The first-order valence-electron chi connectivity index (χ1n) is 12.4. The number of aromatic nitrogens is 3. The first-order valence-corrected chi connectivity index (χ1v) is 13.2. The average Bonchev–Trinajstić information content (AvgIpc) is 3.32. The van der Waals surface area contributed by atoms with Gasteiger partial charge in [-0.05, 0) is 54.8 Å². The number of rotatable bonds is 8. The van der Waals surface area contributed by atoms with Crippen LogP contribution < -0.4 is 21.1 Å². The van der Waals surface area contributed by atoms with Crippen molar-refractivity contribution in [2.45, 2.75) is 25.5 Å². The van der Waals surface area contributed by atoms with Crippen molar-refractivity contribution in [3.63, 3.8) is 0 Å². The van der Waals surface area contributed by atoms with Gasteiger partial charge in [0, 0.05) is 55.2 Å². The van der Waals surface area contributed by atoms with Gasteiger partial charge in [-0.25, -0.2) is 4.98 Å². The average molecular weight is 567 g/mol. The first-order chi connectivity index (χ1) is 17.9. The number of anilines is 2. The highest BCUT2D eigenvalue weighted by molar-refractivity contribution is 9.10. The lowest BCUT2D eigenvalue weighted by atomic mass is 10.1. The van der Waals surface area contributed by atoms with Gasteiger partial charge in [0.25, 0.3) is 5.56 Å². The quantitative estimate of drug-likeness (QED) is 0.193. The van der Waals surface area contributed by atoms with Crippen molar-refractivity contribution >= 4 is 38.3 Å². The maximum Gasteiger partial charge on any atom is 0.261 e. The van der Waals surface area contributed by atoms with Crippen LogP contribution in [0.2, 0.25) is 0 Å². The number of hydrogen-bond donors (Lipinski definition) is 6.